The summed E-state index contributed by atoms with van der Waals surface area (Å²) in [5.74, 6) is 0.382. The molecule has 2 aromatic heterocycles. The van der Waals surface area contributed by atoms with E-state index in [1.807, 2.05) is 25.1 Å². The molecule has 1 atom stereocenters. The lowest BCUT2D eigenvalue weighted by Gasteiger charge is -2.32. The largest absolute Gasteiger partial charge is 0.422 e. The maximum absolute atomic E-state index is 12.5. The highest BCUT2D eigenvalue weighted by Gasteiger charge is 2.21. The van der Waals surface area contributed by atoms with Crippen molar-refractivity contribution in [2.75, 3.05) is 18.4 Å². The Balaban J connectivity index is 1.67. The highest BCUT2D eigenvalue weighted by Crippen LogP contribution is 2.25. The Morgan fingerprint density at radius 2 is 2.15 bits per heavy atom. The third-order valence-electron chi connectivity index (χ3n) is 5.32. The average Bonchev–Trinajstić information content (AvgIpc) is 2.63. The van der Waals surface area contributed by atoms with Crippen molar-refractivity contribution in [1.82, 2.24) is 9.88 Å². The number of rotatable bonds is 3. The van der Waals surface area contributed by atoms with Gasteiger partial charge in [0.25, 0.3) is 0 Å². The Kier molecular flexibility index (Phi) is 4.66. The van der Waals surface area contributed by atoms with Crippen LogP contribution >= 0.6 is 0 Å². The van der Waals surface area contributed by atoms with Crippen molar-refractivity contribution in [2.24, 2.45) is 0 Å². The van der Waals surface area contributed by atoms with Crippen LogP contribution < -0.4 is 10.9 Å². The van der Waals surface area contributed by atoms with Crippen molar-refractivity contribution in [1.29, 1.82) is 0 Å². The molecule has 140 valence electrons. The minimum absolute atomic E-state index is 0.0812. The van der Waals surface area contributed by atoms with Gasteiger partial charge in [0.1, 0.15) is 11.4 Å². The highest BCUT2D eigenvalue weighted by atomic mass is 16.4. The van der Waals surface area contributed by atoms with Gasteiger partial charge in [-0.1, -0.05) is 18.6 Å². The smallest absolute Gasteiger partial charge is 0.346 e. The molecule has 0 unspecified atom stereocenters. The molecule has 1 saturated heterocycles. The number of aryl methyl sites for hydroxylation is 1. The van der Waals surface area contributed by atoms with Gasteiger partial charge in [-0.25, -0.2) is 9.78 Å². The van der Waals surface area contributed by atoms with E-state index < -0.39 is 5.63 Å². The Labute approximate surface area is 157 Å². The number of carbonyl (C=O) groups is 1. The van der Waals surface area contributed by atoms with Gasteiger partial charge in [-0.2, -0.15) is 0 Å². The molecule has 1 aliphatic heterocycles. The molecule has 1 aromatic carbocycles. The predicted octanol–water partition coefficient (Wildman–Crippen LogP) is 3.46. The molecular weight excluding hydrogens is 342 g/mol. The number of hydrogen-bond donors (Lipinski definition) is 1. The molecule has 27 heavy (non-hydrogen) atoms. The number of hydrogen-bond acceptors (Lipinski definition) is 5. The molecule has 1 N–H and O–H groups in total. The number of anilines is 1. The lowest BCUT2D eigenvalue weighted by Crippen LogP contribution is -2.42. The number of piperidine rings is 1. The van der Waals surface area contributed by atoms with Gasteiger partial charge in [-0.05, 0) is 57.0 Å². The summed E-state index contributed by atoms with van der Waals surface area (Å²) in [7, 11) is 0. The van der Waals surface area contributed by atoms with E-state index in [1.165, 1.54) is 6.42 Å². The summed E-state index contributed by atoms with van der Waals surface area (Å²) in [6, 6.07) is 9.46. The summed E-state index contributed by atoms with van der Waals surface area (Å²) < 4.78 is 5.40. The first-order chi connectivity index (χ1) is 13.0. The van der Waals surface area contributed by atoms with Crippen molar-refractivity contribution in [2.45, 2.75) is 39.2 Å². The topological polar surface area (TPSA) is 75.4 Å². The van der Waals surface area contributed by atoms with Crippen LogP contribution in [0.4, 0.5) is 5.82 Å². The van der Waals surface area contributed by atoms with Gasteiger partial charge >= 0.3 is 5.63 Å². The third-order valence-corrected chi connectivity index (χ3v) is 5.32. The van der Waals surface area contributed by atoms with Crippen molar-refractivity contribution >= 4 is 33.6 Å². The number of nitrogens with one attached hydrogen (secondary N) is 1. The number of benzene rings is 1. The SMILES string of the molecule is Cc1cc(NC(=O)CN2CCCC[C@H]2C)nc2c1c(=O)oc1ccccc12. The molecule has 0 saturated carbocycles. The molecule has 6 nitrogen and oxygen atoms in total. The highest BCUT2D eigenvalue weighted by molar-refractivity contribution is 6.04. The summed E-state index contributed by atoms with van der Waals surface area (Å²) >= 11 is 0. The maximum Gasteiger partial charge on any atom is 0.346 e. The zero-order chi connectivity index (χ0) is 19.0. The van der Waals surface area contributed by atoms with E-state index in [9.17, 15) is 9.59 Å². The maximum atomic E-state index is 12.5. The second-order valence-corrected chi connectivity index (χ2v) is 7.30. The number of likely N-dealkylation sites (tertiary alicyclic amines) is 1. The molecule has 6 heteroatoms. The molecule has 1 aliphatic rings. The van der Waals surface area contributed by atoms with Gasteiger partial charge in [-0.15, -0.1) is 0 Å². The van der Waals surface area contributed by atoms with Gasteiger partial charge in [0, 0.05) is 11.4 Å². The Morgan fingerprint density at radius 1 is 1.33 bits per heavy atom. The summed E-state index contributed by atoms with van der Waals surface area (Å²) in [6.45, 7) is 5.30. The normalized spacial score (nSPS) is 18.1. The molecule has 4 rings (SSSR count). The number of para-hydroxylation sites is 1. The van der Waals surface area contributed by atoms with Crippen LogP contribution in [0.25, 0.3) is 21.9 Å². The first-order valence-electron chi connectivity index (χ1n) is 9.40. The Morgan fingerprint density at radius 3 is 2.96 bits per heavy atom. The first kappa shape index (κ1) is 17.7. The molecule has 0 radical (unpaired) electrons. The zero-order valence-electron chi connectivity index (χ0n) is 15.6. The van der Waals surface area contributed by atoms with E-state index in [2.05, 4.69) is 22.1 Å². The van der Waals surface area contributed by atoms with E-state index in [-0.39, 0.29) is 5.91 Å². The fourth-order valence-corrected chi connectivity index (χ4v) is 3.85. The summed E-state index contributed by atoms with van der Waals surface area (Å²) in [5.41, 5.74) is 1.38. The van der Waals surface area contributed by atoms with Crippen LogP contribution in [0, 0.1) is 6.92 Å². The van der Waals surface area contributed by atoms with Crippen LogP contribution in [0.2, 0.25) is 0 Å². The van der Waals surface area contributed by atoms with Crippen LogP contribution in [0.5, 0.6) is 0 Å². The third kappa shape index (κ3) is 3.45. The molecule has 1 amide bonds. The number of carbonyl (C=O) groups excluding carboxylic acids is 1. The number of fused-ring (bicyclic) bond motifs is 3. The van der Waals surface area contributed by atoms with Gasteiger partial charge in [0.15, 0.2) is 0 Å². The standard InChI is InChI=1S/C21H23N3O3/c1-13-11-17(22-18(25)12-24-10-6-5-7-14(24)2)23-20-15-8-3-4-9-16(15)27-21(26)19(13)20/h3-4,8-9,11,14H,5-7,10,12H2,1-2H3,(H,22,23,25)/t14-/m1/s1. The van der Waals surface area contributed by atoms with E-state index in [0.29, 0.717) is 34.9 Å². The molecule has 0 spiro atoms. The Hall–Kier alpha value is -2.73. The zero-order valence-corrected chi connectivity index (χ0v) is 15.6. The first-order valence-corrected chi connectivity index (χ1v) is 9.40. The number of aromatic nitrogens is 1. The quantitative estimate of drug-likeness (QED) is 0.568. The molecule has 0 aliphatic carbocycles. The van der Waals surface area contributed by atoms with Crippen molar-refractivity contribution < 1.29 is 9.21 Å². The fourth-order valence-electron chi connectivity index (χ4n) is 3.85. The van der Waals surface area contributed by atoms with Crippen LogP contribution in [0.15, 0.2) is 39.5 Å². The van der Waals surface area contributed by atoms with Crippen molar-refractivity contribution in [3.63, 3.8) is 0 Å². The van der Waals surface area contributed by atoms with Crippen LogP contribution in [-0.2, 0) is 4.79 Å². The lowest BCUT2D eigenvalue weighted by molar-refractivity contribution is -0.118. The van der Waals surface area contributed by atoms with E-state index in [4.69, 9.17) is 4.42 Å². The molecule has 3 aromatic rings. The number of amides is 1. The van der Waals surface area contributed by atoms with Gasteiger partial charge in [-0.3, -0.25) is 9.69 Å². The van der Waals surface area contributed by atoms with Gasteiger partial charge in [0.2, 0.25) is 5.91 Å². The van der Waals surface area contributed by atoms with Crippen LogP contribution in [0.1, 0.15) is 31.7 Å². The van der Waals surface area contributed by atoms with E-state index >= 15 is 0 Å². The van der Waals surface area contributed by atoms with Gasteiger partial charge in [0.05, 0.1) is 17.4 Å². The van der Waals surface area contributed by atoms with Gasteiger partial charge < -0.3 is 9.73 Å². The minimum Gasteiger partial charge on any atom is -0.422 e. The lowest BCUT2D eigenvalue weighted by atomic mass is 10.0. The minimum atomic E-state index is -0.409. The second kappa shape index (κ2) is 7.12. The second-order valence-electron chi connectivity index (χ2n) is 7.30. The van der Waals surface area contributed by atoms with Crippen LogP contribution in [-0.4, -0.2) is 34.9 Å². The monoisotopic (exact) mass is 365 g/mol. The molecule has 1 fully saturated rings. The predicted molar refractivity (Wildman–Crippen MR) is 106 cm³/mol. The van der Waals surface area contributed by atoms with Crippen molar-refractivity contribution in [3.8, 4) is 0 Å². The van der Waals surface area contributed by atoms with E-state index in [1.54, 1.807) is 12.1 Å². The summed E-state index contributed by atoms with van der Waals surface area (Å²) in [6.07, 6.45) is 3.48. The van der Waals surface area contributed by atoms with E-state index in [0.717, 1.165) is 30.3 Å². The molecular formula is C21H23N3O3. The summed E-state index contributed by atoms with van der Waals surface area (Å²) in [4.78, 5) is 31.6. The fraction of sp³-hybridized carbons (Fsp3) is 0.381. The summed E-state index contributed by atoms with van der Waals surface area (Å²) in [5, 5.41) is 4.12. The molecule has 3 heterocycles. The van der Waals surface area contributed by atoms with Crippen LogP contribution in [0.3, 0.4) is 0 Å². The average molecular weight is 365 g/mol. The molecule has 0 bridgehead atoms. The number of pyridine rings is 1. The van der Waals surface area contributed by atoms with Crippen molar-refractivity contribution in [3.05, 3.63) is 46.3 Å². The number of nitrogens with zero attached hydrogens (tertiary/aromatic N) is 2. The Bertz CT molecular complexity index is 1070.